The number of nitrogens with one attached hydrogen (secondary N) is 2. The van der Waals surface area contributed by atoms with E-state index in [2.05, 4.69) is 15.4 Å². The van der Waals surface area contributed by atoms with E-state index >= 15 is 0 Å². The average Bonchev–Trinajstić information content (AvgIpc) is 2.93. The Labute approximate surface area is 232 Å². The van der Waals surface area contributed by atoms with Crippen LogP contribution in [0.2, 0.25) is 0 Å². The molecule has 3 aromatic rings. The highest BCUT2D eigenvalue weighted by Crippen LogP contribution is 2.15. The third kappa shape index (κ3) is 18.2. The molecule has 0 aliphatic rings. The summed E-state index contributed by atoms with van der Waals surface area (Å²) >= 11 is 0. The van der Waals surface area contributed by atoms with Crippen molar-refractivity contribution in [2.75, 3.05) is 50.3 Å². The van der Waals surface area contributed by atoms with Gasteiger partial charge in [0, 0.05) is 24.1 Å². The predicted octanol–water partition coefficient (Wildman–Crippen LogP) is 5.66. The molecule has 9 nitrogen and oxygen atoms in total. The first-order valence-corrected chi connectivity index (χ1v) is 11.8. The van der Waals surface area contributed by atoms with Crippen molar-refractivity contribution in [3.63, 3.8) is 0 Å². The first-order valence-electron chi connectivity index (χ1n) is 11.8. The highest BCUT2D eigenvalue weighted by atomic mass is 35.5. The number of anilines is 3. The highest BCUT2D eigenvalue weighted by molar-refractivity contribution is 5.85. The number of amides is 1. The Kier molecular flexibility index (Phi) is 23.3. The first kappa shape index (κ1) is 36.0. The highest BCUT2D eigenvalue weighted by Gasteiger charge is 1.92. The smallest absolute Gasteiger partial charge is 0.292 e. The number of nitrogens with two attached hydrogens (primary N) is 1. The van der Waals surface area contributed by atoms with Crippen molar-refractivity contribution < 1.29 is 28.5 Å². The van der Waals surface area contributed by atoms with Gasteiger partial charge in [-0.15, -0.1) is 12.4 Å². The van der Waals surface area contributed by atoms with Crippen LogP contribution < -0.4 is 30.6 Å². The van der Waals surface area contributed by atoms with E-state index < -0.39 is 0 Å². The van der Waals surface area contributed by atoms with E-state index in [9.17, 15) is 4.79 Å². The van der Waals surface area contributed by atoms with Crippen molar-refractivity contribution in [2.45, 2.75) is 20.8 Å². The molecule has 0 fully saturated rings. The predicted molar refractivity (Wildman–Crippen MR) is 157 cm³/mol. The third-order valence-corrected chi connectivity index (χ3v) is 4.13. The number of benzene rings is 3. The lowest BCUT2D eigenvalue weighted by molar-refractivity contribution is -0.126. The molecule has 10 heteroatoms. The van der Waals surface area contributed by atoms with Gasteiger partial charge >= 0.3 is 0 Å². The van der Waals surface area contributed by atoms with Crippen LogP contribution in [0.15, 0.2) is 72.8 Å². The zero-order chi connectivity index (χ0) is 27.7. The standard InChI is InChI=1S/C9H11NO2.C9H13NO.C8H11NO.C2H4O2.ClH/c1-2-12-9-5-3-8(4-6-9)10-7-11;1-3-11-9-6-4-8(10-2)5-7-9;1-2-10-8-5-3-7(9)4-6-8;1-4-2-3;/h3-7H,2H2,1H3,(H,10,11);4-7,10H,3H2,1-2H3;3-6H,2,9H2,1H3;2H,1H3;1H. The summed E-state index contributed by atoms with van der Waals surface area (Å²) in [4.78, 5) is 19.0. The van der Waals surface area contributed by atoms with E-state index in [0.717, 1.165) is 40.9 Å². The molecule has 38 heavy (non-hydrogen) atoms. The van der Waals surface area contributed by atoms with Gasteiger partial charge < -0.3 is 35.3 Å². The second-order valence-electron chi connectivity index (χ2n) is 6.76. The van der Waals surface area contributed by atoms with Crippen LogP contribution in [0, 0.1) is 0 Å². The summed E-state index contributed by atoms with van der Waals surface area (Å²) in [5.41, 5.74) is 8.11. The van der Waals surface area contributed by atoms with E-state index in [1.807, 2.05) is 88.5 Å². The monoisotopic (exact) mass is 549 g/mol. The van der Waals surface area contributed by atoms with Crippen molar-refractivity contribution in [1.29, 1.82) is 0 Å². The molecule has 210 valence electrons. The van der Waals surface area contributed by atoms with Gasteiger partial charge in [-0.1, -0.05) is 0 Å². The Balaban J connectivity index is 0. The van der Waals surface area contributed by atoms with Crippen molar-refractivity contribution in [3.8, 4) is 17.2 Å². The lowest BCUT2D eigenvalue weighted by Gasteiger charge is -2.03. The van der Waals surface area contributed by atoms with Crippen molar-refractivity contribution in [2.24, 2.45) is 0 Å². The topological polar surface area (TPSA) is 121 Å². The van der Waals surface area contributed by atoms with Gasteiger partial charge in [-0.25, -0.2) is 0 Å². The molecule has 1 amide bonds. The number of hydrogen-bond acceptors (Lipinski definition) is 8. The molecule has 0 bridgehead atoms. The average molecular weight is 550 g/mol. The van der Waals surface area contributed by atoms with Gasteiger partial charge in [-0.2, -0.15) is 0 Å². The number of halogens is 1. The third-order valence-electron chi connectivity index (χ3n) is 4.13. The SMILES string of the molecule is CCOc1ccc(N)cc1.CCOc1ccc(NC)cc1.CCOc1ccc(NC=O)cc1.COC=O.Cl. The number of carbonyl (C=O) groups excluding carboxylic acids is 2. The number of ether oxygens (including phenoxy) is 4. The molecule has 0 saturated heterocycles. The molecular formula is C28H40ClN3O6. The fraction of sp³-hybridized carbons (Fsp3) is 0.286. The summed E-state index contributed by atoms with van der Waals surface area (Å²) < 4.78 is 19.6. The Morgan fingerprint density at radius 3 is 1.32 bits per heavy atom. The molecule has 0 heterocycles. The number of hydrogen-bond donors (Lipinski definition) is 3. The van der Waals surface area contributed by atoms with Gasteiger partial charge in [0.1, 0.15) is 17.2 Å². The number of methoxy groups -OCH3 is 1. The largest absolute Gasteiger partial charge is 0.494 e. The van der Waals surface area contributed by atoms with Crippen molar-refractivity contribution in [1.82, 2.24) is 0 Å². The minimum absolute atomic E-state index is 0. The molecule has 0 spiro atoms. The van der Waals surface area contributed by atoms with Gasteiger partial charge in [-0.3, -0.25) is 9.59 Å². The zero-order valence-corrected chi connectivity index (χ0v) is 23.5. The van der Waals surface area contributed by atoms with Crippen molar-refractivity contribution >= 4 is 42.4 Å². The van der Waals surface area contributed by atoms with E-state index in [-0.39, 0.29) is 12.4 Å². The molecule has 3 rings (SSSR count). The summed E-state index contributed by atoms with van der Waals surface area (Å²) in [6, 6.07) is 22.5. The van der Waals surface area contributed by atoms with Crippen LogP contribution in [0.1, 0.15) is 20.8 Å². The molecule has 0 aliphatic heterocycles. The Morgan fingerprint density at radius 1 is 0.684 bits per heavy atom. The van der Waals surface area contributed by atoms with Crippen LogP contribution in [0.4, 0.5) is 17.1 Å². The number of carbonyl (C=O) groups is 2. The Bertz CT molecular complexity index is 956. The molecule has 0 aromatic heterocycles. The summed E-state index contributed by atoms with van der Waals surface area (Å²) in [5.74, 6) is 2.61. The number of rotatable bonds is 10. The number of nitrogen functional groups attached to an aromatic ring is 1. The molecule has 0 atom stereocenters. The van der Waals surface area contributed by atoms with E-state index in [4.69, 9.17) is 24.7 Å². The molecule has 0 radical (unpaired) electrons. The lowest BCUT2D eigenvalue weighted by Crippen LogP contribution is -1.94. The fourth-order valence-corrected chi connectivity index (χ4v) is 2.50. The molecule has 4 N–H and O–H groups in total. The summed E-state index contributed by atoms with van der Waals surface area (Å²) in [6.45, 7) is 8.31. The maximum absolute atomic E-state index is 10.0. The van der Waals surface area contributed by atoms with Crippen LogP contribution >= 0.6 is 12.4 Å². The normalized spacial score (nSPS) is 8.55. The lowest BCUT2D eigenvalue weighted by atomic mass is 10.3. The second kappa shape index (κ2) is 24.6. The van der Waals surface area contributed by atoms with Crippen LogP contribution in [-0.2, 0) is 14.3 Å². The van der Waals surface area contributed by atoms with Crippen LogP contribution in [0.25, 0.3) is 0 Å². The maximum Gasteiger partial charge on any atom is 0.292 e. The van der Waals surface area contributed by atoms with Gasteiger partial charge in [0.05, 0.1) is 26.9 Å². The van der Waals surface area contributed by atoms with Gasteiger partial charge in [0.25, 0.3) is 6.47 Å². The molecule has 0 saturated carbocycles. The minimum atomic E-state index is 0. The summed E-state index contributed by atoms with van der Waals surface area (Å²) in [5, 5.41) is 5.58. The molecule has 0 aliphatic carbocycles. The van der Waals surface area contributed by atoms with Gasteiger partial charge in [-0.05, 0) is 93.6 Å². The second-order valence-corrected chi connectivity index (χ2v) is 6.76. The van der Waals surface area contributed by atoms with Gasteiger partial charge in [0.2, 0.25) is 6.41 Å². The minimum Gasteiger partial charge on any atom is -0.494 e. The van der Waals surface area contributed by atoms with Crippen LogP contribution in [0.3, 0.4) is 0 Å². The van der Waals surface area contributed by atoms with E-state index in [1.54, 1.807) is 12.1 Å². The Hall–Kier alpha value is -4.11. The quantitative estimate of drug-likeness (QED) is 0.219. The first-order chi connectivity index (χ1) is 18.0. The van der Waals surface area contributed by atoms with Gasteiger partial charge in [0.15, 0.2) is 0 Å². The molecular weight excluding hydrogens is 510 g/mol. The fourth-order valence-electron chi connectivity index (χ4n) is 2.50. The van der Waals surface area contributed by atoms with Crippen LogP contribution in [-0.4, -0.2) is 46.9 Å². The summed E-state index contributed by atoms with van der Waals surface area (Å²) in [7, 11) is 3.21. The van der Waals surface area contributed by atoms with Crippen LogP contribution in [0.5, 0.6) is 17.2 Å². The maximum atomic E-state index is 10.0. The summed E-state index contributed by atoms with van der Waals surface area (Å²) in [6.07, 6.45) is 0.648. The molecule has 0 unspecified atom stereocenters. The molecule has 3 aromatic carbocycles. The van der Waals surface area contributed by atoms with E-state index in [1.165, 1.54) is 7.11 Å². The van der Waals surface area contributed by atoms with Crippen molar-refractivity contribution in [3.05, 3.63) is 72.8 Å². The van der Waals surface area contributed by atoms with E-state index in [0.29, 0.717) is 26.1 Å². The zero-order valence-electron chi connectivity index (χ0n) is 22.6. The Morgan fingerprint density at radius 2 is 1.03 bits per heavy atom.